The van der Waals surface area contributed by atoms with Crippen molar-refractivity contribution in [2.75, 3.05) is 14.1 Å². The number of hydrogen-bond donors (Lipinski definition) is 0. The van der Waals surface area contributed by atoms with Crippen LogP contribution in [0.4, 0.5) is 0 Å². The fourth-order valence-electron chi connectivity index (χ4n) is 1.83. The normalized spacial score (nSPS) is 14.8. The predicted molar refractivity (Wildman–Crippen MR) is 64.8 cm³/mol. The van der Waals surface area contributed by atoms with Gasteiger partial charge in [0, 0.05) is 20.3 Å². The van der Waals surface area contributed by atoms with Crippen LogP contribution in [0, 0.1) is 0 Å². The summed E-state index contributed by atoms with van der Waals surface area (Å²) >= 11 is 0. The van der Waals surface area contributed by atoms with Gasteiger partial charge in [0.25, 0.3) is 11.8 Å². The van der Waals surface area contributed by atoms with Crippen molar-refractivity contribution in [1.82, 2.24) is 9.80 Å². The Morgan fingerprint density at radius 3 is 2.00 bits per heavy atom. The fourth-order valence-corrected chi connectivity index (χ4v) is 1.83. The number of aldehydes is 1. The van der Waals surface area contributed by atoms with Crippen molar-refractivity contribution in [3.05, 3.63) is 47.3 Å². The molecule has 0 aliphatic carbocycles. The number of rotatable bonds is 3. The Morgan fingerprint density at radius 2 is 1.61 bits per heavy atom. The lowest BCUT2D eigenvalue weighted by atomic mass is 10.1. The number of hydrogen-bond acceptors (Lipinski definition) is 4. The fraction of sp³-hybridized carbons (Fsp3) is 0.154. The van der Waals surface area contributed by atoms with E-state index in [0.717, 1.165) is 4.90 Å². The maximum absolute atomic E-state index is 12.1. The van der Waals surface area contributed by atoms with Crippen molar-refractivity contribution in [1.29, 1.82) is 0 Å². The zero-order chi connectivity index (χ0) is 13.3. The standard InChI is InChI=1S/C13H12N2O3/c1-14(2)7-9(8-16)15-12(17)10-5-3-4-6-11(10)13(15)18/h3-8H,1-2H3. The first-order chi connectivity index (χ1) is 8.56. The quantitative estimate of drug-likeness (QED) is 0.450. The highest BCUT2D eigenvalue weighted by Crippen LogP contribution is 2.25. The molecule has 2 amide bonds. The van der Waals surface area contributed by atoms with Crippen LogP contribution in [-0.4, -0.2) is 42.0 Å². The van der Waals surface area contributed by atoms with E-state index < -0.39 is 11.8 Å². The minimum absolute atomic E-state index is 0.0335. The summed E-state index contributed by atoms with van der Waals surface area (Å²) in [5, 5.41) is 0. The van der Waals surface area contributed by atoms with Gasteiger partial charge in [0.1, 0.15) is 5.70 Å². The van der Waals surface area contributed by atoms with E-state index >= 15 is 0 Å². The molecule has 0 radical (unpaired) electrons. The molecular weight excluding hydrogens is 232 g/mol. The van der Waals surface area contributed by atoms with E-state index in [9.17, 15) is 14.4 Å². The second kappa shape index (κ2) is 4.44. The number of carbonyl (C=O) groups excluding carboxylic acids is 3. The highest BCUT2D eigenvalue weighted by atomic mass is 16.2. The van der Waals surface area contributed by atoms with Crippen LogP contribution in [0.2, 0.25) is 0 Å². The number of imide groups is 1. The lowest BCUT2D eigenvalue weighted by Crippen LogP contribution is -2.30. The Balaban J connectivity index is 2.48. The molecule has 1 aromatic rings. The van der Waals surface area contributed by atoms with Crippen molar-refractivity contribution < 1.29 is 14.4 Å². The first-order valence-electron chi connectivity index (χ1n) is 5.37. The number of fused-ring (bicyclic) bond motifs is 1. The molecule has 1 aliphatic heterocycles. The highest BCUT2D eigenvalue weighted by molar-refractivity contribution is 6.23. The summed E-state index contributed by atoms with van der Waals surface area (Å²) in [6.07, 6.45) is 1.94. The van der Waals surface area contributed by atoms with Gasteiger partial charge in [-0.1, -0.05) is 12.1 Å². The van der Waals surface area contributed by atoms with E-state index in [-0.39, 0.29) is 5.70 Å². The van der Waals surface area contributed by atoms with Crippen molar-refractivity contribution in [3.8, 4) is 0 Å². The molecule has 1 aromatic carbocycles. The molecule has 0 aromatic heterocycles. The molecule has 0 atom stereocenters. The van der Waals surface area contributed by atoms with Crippen molar-refractivity contribution in [2.24, 2.45) is 0 Å². The molecule has 0 fully saturated rings. The second-order valence-corrected chi connectivity index (χ2v) is 4.13. The molecule has 0 saturated carbocycles. The Bertz CT molecular complexity index is 526. The van der Waals surface area contributed by atoms with Gasteiger partial charge in [0.05, 0.1) is 11.1 Å². The number of nitrogens with zero attached hydrogens (tertiary/aromatic N) is 2. The summed E-state index contributed by atoms with van der Waals surface area (Å²) in [5.74, 6) is -0.924. The Labute approximate surface area is 104 Å². The maximum atomic E-state index is 12.1. The first kappa shape index (κ1) is 12.0. The predicted octanol–water partition coefficient (Wildman–Crippen LogP) is 0.884. The molecule has 0 unspecified atom stereocenters. The zero-order valence-electron chi connectivity index (χ0n) is 10.1. The molecule has 1 heterocycles. The van der Waals surface area contributed by atoms with Crippen LogP contribution >= 0.6 is 0 Å². The number of carbonyl (C=O) groups is 3. The molecular formula is C13H12N2O3. The Morgan fingerprint density at radius 1 is 1.11 bits per heavy atom. The summed E-state index contributed by atoms with van der Waals surface area (Å²) in [6.45, 7) is 0. The third-order valence-corrected chi connectivity index (χ3v) is 2.56. The third-order valence-electron chi connectivity index (χ3n) is 2.56. The number of amides is 2. The molecule has 0 N–H and O–H groups in total. The first-order valence-corrected chi connectivity index (χ1v) is 5.37. The average molecular weight is 244 g/mol. The number of allylic oxidation sites excluding steroid dienone is 1. The summed E-state index contributed by atoms with van der Waals surface area (Å²) in [4.78, 5) is 37.7. The molecule has 0 spiro atoms. The van der Waals surface area contributed by atoms with Gasteiger partial charge in [0.2, 0.25) is 0 Å². The summed E-state index contributed by atoms with van der Waals surface area (Å²) in [7, 11) is 3.42. The molecule has 5 nitrogen and oxygen atoms in total. The third kappa shape index (κ3) is 1.79. The largest absolute Gasteiger partial charge is 0.382 e. The van der Waals surface area contributed by atoms with Crippen molar-refractivity contribution >= 4 is 18.1 Å². The lowest BCUT2D eigenvalue weighted by Gasteiger charge is -2.15. The van der Waals surface area contributed by atoms with Gasteiger partial charge in [-0.3, -0.25) is 14.4 Å². The van der Waals surface area contributed by atoms with Gasteiger partial charge in [-0.2, -0.15) is 0 Å². The van der Waals surface area contributed by atoms with Crippen LogP contribution in [0.3, 0.4) is 0 Å². The van der Waals surface area contributed by atoms with Gasteiger partial charge in [-0.05, 0) is 12.1 Å². The van der Waals surface area contributed by atoms with E-state index in [4.69, 9.17) is 0 Å². The Hall–Kier alpha value is -2.43. The average Bonchev–Trinajstić information content (AvgIpc) is 2.60. The van der Waals surface area contributed by atoms with Crippen molar-refractivity contribution in [2.45, 2.75) is 0 Å². The summed E-state index contributed by atoms with van der Waals surface area (Å²) < 4.78 is 0. The van der Waals surface area contributed by atoms with Crippen LogP contribution in [-0.2, 0) is 4.79 Å². The van der Waals surface area contributed by atoms with Crippen LogP contribution in [0.25, 0.3) is 0 Å². The smallest absolute Gasteiger partial charge is 0.266 e. The SMILES string of the molecule is CN(C)C=C(C=O)N1C(=O)c2ccccc2C1=O. The molecule has 0 saturated heterocycles. The van der Waals surface area contributed by atoms with Crippen molar-refractivity contribution in [3.63, 3.8) is 0 Å². The van der Waals surface area contributed by atoms with Gasteiger partial charge in [-0.15, -0.1) is 0 Å². The van der Waals surface area contributed by atoms with Gasteiger partial charge in [0.15, 0.2) is 6.29 Å². The van der Waals surface area contributed by atoms with E-state index in [2.05, 4.69) is 0 Å². The molecule has 18 heavy (non-hydrogen) atoms. The Kier molecular flexibility index (Phi) is 2.97. The topological polar surface area (TPSA) is 57.7 Å². The van der Waals surface area contributed by atoms with Crippen LogP contribution in [0.5, 0.6) is 0 Å². The lowest BCUT2D eigenvalue weighted by molar-refractivity contribution is -0.105. The van der Waals surface area contributed by atoms with E-state index in [0.29, 0.717) is 17.4 Å². The second-order valence-electron chi connectivity index (χ2n) is 4.13. The minimum Gasteiger partial charge on any atom is -0.382 e. The van der Waals surface area contributed by atoms with Crippen LogP contribution in [0.15, 0.2) is 36.2 Å². The van der Waals surface area contributed by atoms with E-state index in [1.807, 2.05) is 0 Å². The number of benzene rings is 1. The van der Waals surface area contributed by atoms with E-state index in [1.165, 1.54) is 6.20 Å². The highest BCUT2D eigenvalue weighted by Gasteiger charge is 2.37. The van der Waals surface area contributed by atoms with Gasteiger partial charge in [-0.25, -0.2) is 4.90 Å². The van der Waals surface area contributed by atoms with Crippen LogP contribution in [0.1, 0.15) is 20.7 Å². The van der Waals surface area contributed by atoms with Crippen LogP contribution < -0.4 is 0 Å². The van der Waals surface area contributed by atoms with Gasteiger partial charge >= 0.3 is 0 Å². The molecule has 2 rings (SSSR count). The molecule has 92 valence electrons. The summed E-state index contributed by atoms with van der Waals surface area (Å²) in [6, 6.07) is 6.52. The zero-order valence-corrected chi connectivity index (χ0v) is 10.1. The molecule has 5 heteroatoms. The van der Waals surface area contributed by atoms with E-state index in [1.54, 1.807) is 43.3 Å². The monoisotopic (exact) mass is 244 g/mol. The van der Waals surface area contributed by atoms with Gasteiger partial charge < -0.3 is 4.90 Å². The molecule has 1 aliphatic rings. The molecule has 0 bridgehead atoms. The minimum atomic E-state index is -0.462. The maximum Gasteiger partial charge on any atom is 0.266 e. The summed E-state index contributed by atoms with van der Waals surface area (Å²) in [5.41, 5.74) is 0.689.